The van der Waals surface area contributed by atoms with Gasteiger partial charge >= 0.3 is 0 Å². The van der Waals surface area contributed by atoms with Crippen LogP contribution < -0.4 is 4.74 Å². The van der Waals surface area contributed by atoms with Crippen molar-refractivity contribution in [2.45, 2.75) is 25.8 Å². The highest BCUT2D eigenvalue weighted by Crippen LogP contribution is 2.48. The molecule has 39 heavy (non-hydrogen) atoms. The number of benzene rings is 4. The first kappa shape index (κ1) is 24.7. The third-order valence-electron chi connectivity index (χ3n) is 8.06. The number of para-hydroxylation sites is 1. The number of halogens is 1. The molecule has 194 valence electrons. The summed E-state index contributed by atoms with van der Waals surface area (Å²) in [4.78, 5) is 19.6. The number of carbonyl (C=O) groups excluding carboxylic acids is 1. The van der Waals surface area contributed by atoms with E-state index >= 15 is 0 Å². The van der Waals surface area contributed by atoms with E-state index in [9.17, 15) is 14.4 Å². The number of ether oxygens (including phenoxy) is 1. The van der Waals surface area contributed by atoms with E-state index in [0.717, 1.165) is 44.1 Å². The first-order chi connectivity index (χ1) is 18.9. The predicted octanol–water partition coefficient (Wildman–Crippen LogP) is 6.72. The summed E-state index contributed by atoms with van der Waals surface area (Å²) >= 11 is 0. The van der Waals surface area contributed by atoms with Crippen molar-refractivity contribution in [3.63, 3.8) is 0 Å². The molecule has 1 N–H and O–H groups in total. The summed E-state index contributed by atoms with van der Waals surface area (Å²) in [6, 6.07) is 28.7. The molecule has 0 bridgehead atoms. The number of rotatable bonds is 5. The summed E-state index contributed by atoms with van der Waals surface area (Å²) in [5, 5.41) is 13.6. The minimum Gasteiger partial charge on any atom is -0.496 e. The van der Waals surface area contributed by atoms with Crippen LogP contribution in [0.2, 0.25) is 0 Å². The smallest absolute Gasteiger partial charge is 0.244 e. The second kappa shape index (κ2) is 9.59. The zero-order valence-corrected chi connectivity index (χ0v) is 21.9. The summed E-state index contributed by atoms with van der Waals surface area (Å²) in [5.74, 6) is -0.552. The molecule has 2 atom stereocenters. The molecular weight excluding hydrogens is 489 g/mol. The number of nitrogens with zero attached hydrogens (tertiary/aromatic N) is 2. The molecule has 5 nitrogen and oxygen atoms in total. The molecule has 6 rings (SSSR count). The van der Waals surface area contributed by atoms with Gasteiger partial charge in [-0.2, -0.15) is 5.26 Å². The van der Waals surface area contributed by atoms with Crippen molar-refractivity contribution in [1.29, 1.82) is 5.26 Å². The fraction of sp³-hybridized carbons (Fsp3) is 0.212. The summed E-state index contributed by atoms with van der Waals surface area (Å²) < 4.78 is 19.9. The normalized spacial score (nSPS) is 15.4. The highest BCUT2D eigenvalue weighted by molar-refractivity contribution is 5.92. The van der Waals surface area contributed by atoms with Gasteiger partial charge in [-0.1, -0.05) is 60.7 Å². The van der Waals surface area contributed by atoms with Gasteiger partial charge in [0.25, 0.3) is 0 Å². The van der Waals surface area contributed by atoms with Crippen molar-refractivity contribution in [3.05, 3.63) is 113 Å². The van der Waals surface area contributed by atoms with E-state index in [0.29, 0.717) is 25.3 Å². The maximum absolute atomic E-state index is 14.5. The molecule has 1 aromatic heterocycles. The van der Waals surface area contributed by atoms with E-state index in [1.165, 1.54) is 12.1 Å². The van der Waals surface area contributed by atoms with Crippen molar-refractivity contribution in [2.75, 3.05) is 13.7 Å². The molecule has 2 heterocycles. The standard InChI is InChI=1S/C33H28FN3O2/c1-33(20-35,32(38)37-17-16-29-27(19-37)26-18-22(34)14-15-28(26)36-29)31(25-11-5-6-13-30(25)39-2)24-12-7-9-21-8-3-4-10-23(21)24/h3-15,18,31,36H,16-17,19H2,1-2H3/t31-,33+/m0/s1. The molecule has 0 fully saturated rings. The van der Waals surface area contributed by atoms with Crippen LogP contribution in [0.3, 0.4) is 0 Å². The Balaban J connectivity index is 1.49. The quantitative estimate of drug-likeness (QED) is 0.282. The van der Waals surface area contributed by atoms with Gasteiger partial charge in [-0.05, 0) is 47.5 Å². The van der Waals surface area contributed by atoms with Gasteiger partial charge in [0.15, 0.2) is 0 Å². The predicted molar refractivity (Wildman–Crippen MR) is 150 cm³/mol. The van der Waals surface area contributed by atoms with E-state index in [2.05, 4.69) is 11.1 Å². The fourth-order valence-electron chi connectivity index (χ4n) is 6.12. The van der Waals surface area contributed by atoms with Crippen molar-refractivity contribution in [3.8, 4) is 11.8 Å². The fourth-order valence-corrected chi connectivity index (χ4v) is 6.12. The lowest BCUT2D eigenvalue weighted by Gasteiger charge is -2.38. The average molecular weight is 518 g/mol. The van der Waals surface area contributed by atoms with Crippen molar-refractivity contribution >= 4 is 27.6 Å². The lowest BCUT2D eigenvalue weighted by molar-refractivity contribution is -0.139. The minimum absolute atomic E-state index is 0.259. The summed E-state index contributed by atoms with van der Waals surface area (Å²) in [7, 11) is 1.60. The lowest BCUT2D eigenvalue weighted by Crippen LogP contribution is -2.47. The van der Waals surface area contributed by atoms with E-state index in [4.69, 9.17) is 4.74 Å². The highest BCUT2D eigenvalue weighted by atomic mass is 19.1. The number of aromatic nitrogens is 1. The number of hydrogen-bond donors (Lipinski definition) is 1. The molecule has 1 amide bonds. The third-order valence-corrected chi connectivity index (χ3v) is 8.06. The summed E-state index contributed by atoms with van der Waals surface area (Å²) in [5.41, 5.74) is 2.98. The van der Waals surface area contributed by atoms with Crippen LogP contribution in [0, 0.1) is 22.6 Å². The van der Waals surface area contributed by atoms with Crippen LogP contribution in [0.5, 0.6) is 5.75 Å². The van der Waals surface area contributed by atoms with Crippen LogP contribution in [0.15, 0.2) is 84.9 Å². The first-order valence-corrected chi connectivity index (χ1v) is 13.0. The number of fused-ring (bicyclic) bond motifs is 4. The second-order valence-corrected chi connectivity index (χ2v) is 10.3. The Bertz CT molecular complexity index is 1760. The van der Waals surface area contributed by atoms with Crippen LogP contribution in [0.25, 0.3) is 21.7 Å². The molecule has 4 aromatic carbocycles. The van der Waals surface area contributed by atoms with Gasteiger partial charge in [0.2, 0.25) is 5.91 Å². The van der Waals surface area contributed by atoms with E-state index in [1.807, 2.05) is 66.7 Å². The molecule has 0 unspecified atom stereocenters. The van der Waals surface area contributed by atoms with Gasteiger partial charge in [0, 0.05) is 53.2 Å². The van der Waals surface area contributed by atoms with Crippen LogP contribution in [-0.2, 0) is 17.8 Å². The van der Waals surface area contributed by atoms with Crippen molar-refractivity contribution in [1.82, 2.24) is 9.88 Å². The Morgan fingerprint density at radius 2 is 1.77 bits per heavy atom. The topological polar surface area (TPSA) is 69.1 Å². The van der Waals surface area contributed by atoms with Crippen molar-refractivity contribution in [2.24, 2.45) is 5.41 Å². The van der Waals surface area contributed by atoms with Crippen LogP contribution >= 0.6 is 0 Å². The number of nitriles is 1. The molecule has 1 aliphatic heterocycles. The van der Waals surface area contributed by atoms with Gasteiger partial charge in [0.1, 0.15) is 17.0 Å². The Morgan fingerprint density at radius 1 is 1.03 bits per heavy atom. The van der Waals surface area contributed by atoms with Crippen LogP contribution in [-0.4, -0.2) is 29.4 Å². The van der Waals surface area contributed by atoms with E-state index < -0.39 is 11.3 Å². The van der Waals surface area contributed by atoms with Gasteiger partial charge in [-0.25, -0.2) is 4.39 Å². The Labute approximate surface area is 226 Å². The van der Waals surface area contributed by atoms with Crippen LogP contribution in [0.4, 0.5) is 4.39 Å². The molecule has 0 saturated heterocycles. The largest absolute Gasteiger partial charge is 0.496 e. The third kappa shape index (κ3) is 4.02. The van der Waals surface area contributed by atoms with E-state index in [-0.39, 0.29) is 11.7 Å². The molecule has 0 aliphatic carbocycles. The first-order valence-electron chi connectivity index (χ1n) is 13.0. The average Bonchev–Trinajstić information content (AvgIpc) is 3.34. The number of methoxy groups -OCH3 is 1. The number of aromatic amines is 1. The number of hydrogen-bond acceptors (Lipinski definition) is 3. The summed E-state index contributed by atoms with van der Waals surface area (Å²) in [6.45, 7) is 2.51. The molecule has 0 radical (unpaired) electrons. The Kier molecular flexibility index (Phi) is 6.07. The number of amides is 1. The molecule has 6 heteroatoms. The van der Waals surface area contributed by atoms with E-state index in [1.54, 1.807) is 25.0 Å². The molecular formula is C33H28FN3O2. The summed E-state index contributed by atoms with van der Waals surface area (Å²) in [6.07, 6.45) is 0.604. The zero-order valence-electron chi connectivity index (χ0n) is 21.9. The lowest BCUT2D eigenvalue weighted by atomic mass is 9.68. The highest BCUT2D eigenvalue weighted by Gasteiger charge is 2.48. The van der Waals surface area contributed by atoms with Gasteiger partial charge in [0.05, 0.1) is 13.2 Å². The number of nitrogens with one attached hydrogen (secondary N) is 1. The molecule has 1 aliphatic rings. The van der Waals surface area contributed by atoms with Gasteiger partial charge in [-0.3, -0.25) is 4.79 Å². The number of H-pyrrole nitrogens is 1. The van der Waals surface area contributed by atoms with Crippen molar-refractivity contribution < 1.29 is 13.9 Å². The maximum Gasteiger partial charge on any atom is 0.244 e. The monoisotopic (exact) mass is 517 g/mol. The molecule has 0 spiro atoms. The second-order valence-electron chi connectivity index (χ2n) is 10.3. The SMILES string of the molecule is COc1ccccc1[C@H](c1cccc2ccccc12)[C@@](C)(C#N)C(=O)N1CCc2[nH]c3ccc(F)cc3c2C1. The maximum atomic E-state index is 14.5. The van der Waals surface area contributed by atoms with Crippen LogP contribution in [0.1, 0.15) is 35.2 Å². The molecule has 0 saturated carbocycles. The van der Waals surface area contributed by atoms with Gasteiger partial charge < -0.3 is 14.6 Å². The minimum atomic E-state index is -1.45. The Morgan fingerprint density at radius 3 is 2.59 bits per heavy atom. The number of carbonyl (C=O) groups is 1. The Hall–Kier alpha value is -4.63. The zero-order chi connectivity index (χ0) is 27.1. The molecule has 5 aromatic rings. The van der Waals surface area contributed by atoms with Gasteiger partial charge in [-0.15, -0.1) is 0 Å².